The van der Waals surface area contributed by atoms with E-state index in [-0.39, 0.29) is 29.2 Å². The van der Waals surface area contributed by atoms with Crippen LogP contribution in [0.3, 0.4) is 0 Å². The Morgan fingerprint density at radius 1 is 0.941 bits per heavy atom. The van der Waals surface area contributed by atoms with E-state index in [0.29, 0.717) is 0 Å². The van der Waals surface area contributed by atoms with Crippen LogP contribution in [0.4, 0.5) is 4.79 Å². The summed E-state index contributed by atoms with van der Waals surface area (Å²) in [5, 5.41) is 5.51. The fourth-order valence-corrected chi connectivity index (χ4v) is 1.48. The molecule has 0 heterocycles. The van der Waals surface area contributed by atoms with Crippen LogP contribution < -0.4 is 10.6 Å². The molecule has 1 atom stereocenters. The monoisotopic (exact) mass is 242 g/mol. The number of amides is 2. The van der Waals surface area contributed by atoms with Crippen LogP contribution in [-0.2, 0) is 4.79 Å². The Hall–Kier alpha value is -1.06. The summed E-state index contributed by atoms with van der Waals surface area (Å²) in [6, 6.07) is -0.681. The lowest BCUT2D eigenvalue weighted by Crippen LogP contribution is -2.54. The summed E-state index contributed by atoms with van der Waals surface area (Å²) in [5.74, 6) is -0.0185. The number of nitrogens with one attached hydrogen (secondary N) is 2. The van der Waals surface area contributed by atoms with Gasteiger partial charge in [0, 0.05) is 12.0 Å². The highest BCUT2D eigenvalue weighted by atomic mass is 16.2. The zero-order chi connectivity index (χ0) is 13.8. The van der Waals surface area contributed by atoms with Gasteiger partial charge in [0.1, 0.15) is 0 Å². The maximum atomic E-state index is 12.1. The first-order chi connectivity index (χ1) is 7.55. The van der Waals surface area contributed by atoms with E-state index in [1.807, 2.05) is 48.5 Å². The van der Waals surface area contributed by atoms with Crippen LogP contribution in [0.5, 0.6) is 0 Å². The highest BCUT2D eigenvalue weighted by molar-refractivity contribution is 5.90. The Kier molecular flexibility index (Phi) is 5.66. The molecule has 0 fully saturated rings. The molecule has 0 saturated heterocycles. The minimum atomic E-state index is -0.457. The highest BCUT2D eigenvalue weighted by Crippen LogP contribution is 2.22. The molecule has 0 bridgehead atoms. The standard InChI is InChI=1S/C13H26N2O2/c1-8(2)10(16)11(13(5,6)7)15-12(17)14-9(3)4/h8-9,11H,1-7H3,(H2,14,15,17). The van der Waals surface area contributed by atoms with E-state index in [9.17, 15) is 9.59 Å². The first kappa shape index (κ1) is 15.9. The average Bonchev–Trinajstić information content (AvgIpc) is 2.09. The second-order valence-electron chi connectivity index (χ2n) is 6.13. The predicted molar refractivity (Wildman–Crippen MR) is 69.9 cm³/mol. The van der Waals surface area contributed by atoms with Crippen molar-refractivity contribution < 1.29 is 9.59 Å². The molecule has 0 aliphatic carbocycles. The first-order valence-electron chi connectivity index (χ1n) is 6.16. The van der Waals surface area contributed by atoms with Crippen molar-refractivity contribution >= 4 is 11.8 Å². The lowest BCUT2D eigenvalue weighted by molar-refractivity contribution is -0.126. The Bertz CT molecular complexity index is 278. The van der Waals surface area contributed by atoms with Crippen molar-refractivity contribution in [2.75, 3.05) is 0 Å². The van der Waals surface area contributed by atoms with Gasteiger partial charge in [-0.15, -0.1) is 0 Å². The maximum Gasteiger partial charge on any atom is 0.315 e. The summed E-state index contributed by atoms with van der Waals surface area (Å²) >= 11 is 0. The number of carbonyl (C=O) groups is 2. The van der Waals surface area contributed by atoms with Gasteiger partial charge in [0.05, 0.1) is 6.04 Å². The molecule has 4 heteroatoms. The summed E-state index contributed by atoms with van der Waals surface area (Å²) in [5.41, 5.74) is -0.282. The smallest absolute Gasteiger partial charge is 0.315 e. The molecule has 0 saturated carbocycles. The van der Waals surface area contributed by atoms with Gasteiger partial charge in [-0.2, -0.15) is 0 Å². The summed E-state index contributed by atoms with van der Waals surface area (Å²) in [6.45, 7) is 13.3. The zero-order valence-electron chi connectivity index (χ0n) is 12.0. The van der Waals surface area contributed by atoms with Crippen LogP contribution in [0.25, 0.3) is 0 Å². The lowest BCUT2D eigenvalue weighted by Gasteiger charge is -2.31. The van der Waals surface area contributed by atoms with Gasteiger partial charge < -0.3 is 10.6 Å². The molecule has 0 aromatic heterocycles. The van der Waals surface area contributed by atoms with E-state index in [2.05, 4.69) is 10.6 Å². The Morgan fingerprint density at radius 2 is 1.41 bits per heavy atom. The fourth-order valence-electron chi connectivity index (χ4n) is 1.48. The van der Waals surface area contributed by atoms with Crippen LogP contribution >= 0.6 is 0 Å². The van der Waals surface area contributed by atoms with Gasteiger partial charge in [0.25, 0.3) is 0 Å². The van der Waals surface area contributed by atoms with Crippen LogP contribution in [0, 0.1) is 11.3 Å². The van der Waals surface area contributed by atoms with Crippen molar-refractivity contribution in [2.45, 2.75) is 60.5 Å². The van der Waals surface area contributed by atoms with E-state index in [1.54, 1.807) is 0 Å². The van der Waals surface area contributed by atoms with Crippen molar-refractivity contribution in [3.8, 4) is 0 Å². The molecule has 0 aliphatic rings. The lowest BCUT2D eigenvalue weighted by atomic mass is 9.81. The van der Waals surface area contributed by atoms with Crippen molar-refractivity contribution in [1.82, 2.24) is 10.6 Å². The Balaban J connectivity index is 4.74. The molecule has 2 N–H and O–H groups in total. The number of ketones is 1. The molecule has 0 aliphatic heterocycles. The molecular weight excluding hydrogens is 216 g/mol. The van der Waals surface area contributed by atoms with Crippen molar-refractivity contribution in [1.29, 1.82) is 0 Å². The second kappa shape index (κ2) is 6.03. The number of carbonyl (C=O) groups excluding carboxylic acids is 2. The van der Waals surface area contributed by atoms with Crippen LogP contribution in [0.2, 0.25) is 0 Å². The van der Waals surface area contributed by atoms with Crippen molar-refractivity contribution in [3.05, 3.63) is 0 Å². The largest absolute Gasteiger partial charge is 0.336 e. The normalized spacial score (nSPS) is 13.7. The molecule has 0 spiro atoms. The summed E-state index contributed by atoms with van der Waals surface area (Å²) in [6.07, 6.45) is 0. The fraction of sp³-hybridized carbons (Fsp3) is 0.846. The SMILES string of the molecule is CC(C)NC(=O)NC(C(=O)C(C)C)C(C)(C)C. The predicted octanol–water partition coefficient (Wildman–Crippen LogP) is 2.33. The van der Waals surface area contributed by atoms with Gasteiger partial charge in [0.2, 0.25) is 0 Å². The van der Waals surface area contributed by atoms with Crippen LogP contribution in [0.1, 0.15) is 48.5 Å². The van der Waals surface area contributed by atoms with Gasteiger partial charge in [-0.05, 0) is 19.3 Å². The molecule has 0 rings (SSSR count). The summed E-state index contributed by atoms with van der Waals surface area (Å²) < 4.78 is 0. The molecule has 0 radical (unpaired) electrons. The summed E-state index contributed by atoms with van der Waals surface area (Å²) in [4.78, 5) is 23.7. The second-order valence-corrected chi connectivity index (χ2v) is 6.13. The van der Waals surface area contributed by atoms with Gasteiger partial charge in [-0.3, -0.25) is 4.79 Å². The summed E-state index contributed by atoms with van der Waals surface area (Å²) in [7, 11) is 0. The van der Waals surface area contributed by atoms with E-state index in [4.69, 9.17) is 0 Å². The third-order valence-corrected chi connectivity index (χ3v) is 2.41. The number of hydrogen-bond acceptors (Lipinski definition) is 2. The topological polar surface area (TPSA) is 58.2 Å². The molecule has 100 valence electrons. The quantitative estimate of drug-likeness (QED) is 0.795. The molecular formula is C13H26N2O2. The molecule has 0 aromatic carbocycles. The molecule has 2 amide bonds. The van der Waals surface area contributed by atoms with E-state index >= 15 is 0 Å². The van der Waals surface area contributed by atoms with Gasteiger partial charge in [0.15, 0.2) is 5.78 Å². The first-order valence-corrected chi connectivity index (χ1v) is 6.16. The van der Waals surface area contributed by atoms with Gasteiger partial charge >= 0.3 is 6.03 Å². The molecule has 1 unspecified atom stereocenters. The average molecular weight is 242 g/mol. The number of urea groups is 1. The number of rotatable bonds is 4. The van der Waals surface area contributed by atoms with E-state index in [0.717, 1.165) is 0 Å². The van der Waals surface area contributed by atoms with Crippen molar-refractivity contribution in [3.63, 3.8) is 0 Å². The van der Waals surface area contributed by atoms with Crippen molar-refractivity contribution in [2.24, 2.45) is 11.3 Å². The molecule has 0 aromatic rings. The van der Waals surface area contributed by atoms with Gasteiger partial charge in [-0.1, -0.05) is 34.6 Å². The van der Waals surface area contributed by atoms with Gasteiger partial charge in [-0.25, -0.2) is 4.79 Å². The maximum absolute atomic E-state index is 12.1. The minimum absolute atomic E-state index is 0.0600. The minimum Gasteiger partial charge on any atom is -0.336 e. The Labute approximate surface area is 105 Å². The van der Waals surface area contributed by atoms with Crippen LogP contribution in [-0.4, -0.2) is 23.9 Å². The number of hydrogen-bond donors (Lipinski definition) is 2. The van der Waals surface area contributed by atoms with E-state index in [1.165, 1.54) is 0 Å². The molecule has 4 nitrogen and oxygen atoms in total. The molecule has 17 heavy (non-hydrogen) atoms. The zero-order valence-corrected chi connectivity index (χ0v) is 12.0. The third-order valence-electron chi connectivity index (χ3n) is 2.41. The number of Topliss-reactive ketones (excluding diaryl/α,β-unsaturated/α-hetero) is 1. The third kappa shape index (κ3) is 5.71. The Morgan fingerprint density at radius 3 is 1.71 bits per heavy atom. The van der Waals surface area contributed by atoms with E-state index < -0.39 is 6.04 Å². The highest BCUT2D eigenvalue weighted by Gasteiger charge is 2.33. The van der Waals surface area contributed by atoms with Crippen LogP contribution in [0.15, 0.2) is 0 Å².